The number of fused-ring (bicyclic) bond motifs is 1. The molecule has 3 rings (SSSR count). The first-order valence-electron chi connectivity index (χ1n) is 7.21. The summed E-state index contributed by atoms with van der Waals surface area (Å²) in [6.45, 7) is 2.04. The zero-order chi connectivity index (χ0) is 13.9. The topological polar surface area (TPSA) is 54.5 Å². The monoisotopic (exact) mass is 275 g/mol. The molecule has 108 valence electrons. The molecule has 0 aromatic carbocycles. The standard InChI is InChI=1S/C15H21N3O2/c1-18(9-11-2-5-16-6-3-11)10-15(19)17-13-8-14-12(13)4-7-20-14/h2-3,5-6,12-14H,4,7-10H2,1H3,(H,17,19)/t12-,13-,14+/m1/s1. The lowest BCUT2D eigenvalue weighted by Crippen LogP contribution is -2.54. The highest BCUT2D eigenvalue weighted by atomic mass is 16.5. The van der Waals surface area contributed by atoms with Crippen LogP contribution in [0.4, 0.5) is 0 Å². The predicted molar refractivity (Wildman–Crippen MR) is 75.0 cm³/mol. The SMILES string of the molecule is CN(CC(=O)N[C@@H]1C[C@@H]2OCC[C@@H]21)Cc1ccncc1. The first-order valence-corrected chi connectivity index (χ1v) is 7.21. The molecule has 20 heavy (non-hydrogen) atoms. The van der Waals surface area contributed by atoms with Gasteiger partial charge in [0.15, 0.2) is 0 Å². The first-order chi connectivity index (χ1) is 9.72. The van der Waals surface area contributed by atoms with Crippen molar-refractivity contribution < 1.29 is 9.53 Å². The smallest absolute Gasteiger partial charge is 0.234 e. The van der Waals surface area contributed by atoms with E-state index in [9.17, 15) is 4.79 Å². The van der Waals surface area contributed by atoms with Gasteiger partial charge in [-0.2, -0.15) is 0 Å². The zero-order valence-electron chi connectivity index (χ0n) is 11.8. The molecule has 5 heteroatoms. The summed E-state index contributed by atoms with van der Waals surface area (Å²) < 4.78 is 5.56. The van der Waals surface area contributed by atoms with Gasteiger partial charge >= 0.3 is 0 Å². The minimum absolute atomic E-state index is 0.108. The molecule has 2 fully saturated rings. The van der Waals surface area contributed by atoms with E-state index in [4.69, 9.17) is 4.74 Å². The molecule has 0 radical (unpaired) electrons. The minimum atomic E-state index is 0.108. The Kier molecular flexibility index (Phi) is 3.98. The van der Waals surface area contributed by atoms with Gasteiger partial charge in [0.1, 0.15) is 0 Å². The van der Waals surface area contributed by atoms with Crippen LogP contribution in [0.3, 0.4) is 0 Å². The quantitative estimate of drug-likeness (QED) is 0.864. The normalized spacial score (nSPS) is 28.0. The zero-order valence-corrected chi connectivity index (χ0v) is 11.8. The molecule has 1 N–H and O–H groups in total. The van der Waals surface area contributed by atoms with E-state index in [0.29, 0.717) is 24.6 Å². The number of likely N-dealkylation sites (N-methyl/N-ethyl adjacent to an activating group) is 1. The molecule has 1 aliphatic carbocycles. The Morgan fingerprint density at radius 1 is 1.50 bits per heavy atom. The number of carbonyl (C=O) groups excluding carboxylic acids is 1. The van der Waals surface area contributed by atoms with Crippen LogP contribution in [0.15, 0.2) is 24.5 Å². The maximum Gasteiger partial charge on any atom is 0.234 e. The fourth-order valence-electron chi connectivity index (χ4n) is 3.12. The van der Waals surface area contributed by atoms with Gasteiger partial charge in [0.25, 0.3) is 0 Å². The van der Waals surface area contributed by atoms with Crippen molar-refractivity contribution >= 4 is 5.91 Å². The number of nitrogens with zero attached hydrogens (tertiary/aromatic N) is 2. The molecule has 0 bridgehead atoms. The van der Waals surface area contributed by atoms with Gasteiger partial charge in [-0.15, -0.1) is 0 Å². The molecule has 0 spiro atoms. The summed E-state index contributed by atoms with van der Waals surface area (Å²) in [7, 11) is 1.96. The van der Waals surface area contributed by atoms with Crippen molar-refractivity contribution in [3.63, 3.8) is 0 Å². The van der Waals surface area contributed by atoms with Crippen LogP contribution < -0.4 is 5.32 Å². The van der Waals surface area contributed by atoms with Gasteiger partial charge in [-0.25, -0.2) is 0 Å². The van der Waals surface area contributed by atoms with Gasteiger partial charge in [0.2, 0.25) is 5.91 Å². The maximum absolute atomic E-state index is 12.0. The highest BCUT2D eigenvalue weighted by Crippen LogP contribution is 2.38. The molecule has 2 aliphatic rings. The maximum atomic E-state index is 12.0. The van der Waals surface area contributed by atoms with Crippen LogP contribution in [-0.4, -0.2) is 48.1 Å². The van der Waals surface area contributed by atoms with Gasteiger partial charge < -0.3 is 10.1 Å². The number of nitrogens with one attached hydrogen (secondary N) is 1. The lowest BCUT2D eigenvalue weighted by molar-refractivity contribution is -0.125. The second-order valence-corrected chi connectivity index (χ2v) is 5.80. The molecular weight excluding hydrogens is 254 g/mol. The fraction of sp³-hybridized carbons (Fsp3) is 0.600. The van der Waals surface area contributed by atoms with Crippen molar-refractivity contribution in [3.8, 4) is 0 Å². The Morgan fingerprint density at radius 2 is 2.30 bits per heavy atom. The van der Waals surface area contributed by atoms with Crippen LogP contribution in [0.25, 0.3) is 0 Å². The van der Waals surface area contributed by atoms with E-state index in [1.165, 1.54) is 5.56 Å². The van der Waals surface area contributed by atoms with Crippen LogP contribution in [0.5, 0.6) is 0 Å². The van der Waals surface area contributed by atoms with Crippen molar-refractivity contribution in [2.24, 2.45) is 5.92 Å². The van der Waals surface area contributed by atoms with Gasteiger partial charge in [0, 0.05) is 37.5 Å². The van der Waals surface area contributed by atoms with E-state index in [-0.39, 0.29) is 5.91 Å². The van der Waals surface area contributed by atoms with Crippen molar-refractivity contribution in [1.82, 2.24) is 15.2 Å². The Bertz CT molecular complexity index is 465. The highest BCUT2D eigenvalue weighted by Gasteiger charge is 2.45. The van der Waals surface area contributed by atoms with E-state index < -0.39 is 0 Å². The van der Waals surface area contributed by atoms with Gasteiger partial charge in [-0.05, 0) is 37.6 Å². The third-order valence-electron chi connectivity index (χ3n) is 4.23. The summed E-state index contributed by atoms with van der Waals surface area (Å²) in [6, 6.07) is 4.27. The first kappa shape index (κ1) is 13.5. The largest absolute Gasteiger partial charge is 0.378 e. The van der Waals surface area contributed by atoms with Crippen LogP contribution >= 0.6 is 0 Å². The van der Waals surface area contributed by atoms with E-state index in [1.54, 1.807) is 12.4 Å². The summed E-state index contributed by atoms with van der Waals surface area (Å²) in [5, 5.41) is 3.13. The molecule has 1 saturated carbocycles. The summed E-state index contributed by atoms with van der Waals surface area (Å²) in [6.07, 6.45) is 6.01. The molecule has 2 heterocycles. The molecule has 1 aliphatic heterocycles. The van der Waals surface area contributed by atoms with E-state index in [0.717, 1.165) is 26.0 Å². The van der Waals surface area contributed by atoms with E-state index in [2.05, 4.69) is 10.3 Å². The van der Waals surface area contributed by atoms with Crippen LogP contribution in [0, 0.1) is 5.92 Å². The average molecular weight is 275 g/mol. The number of aromatic nitrogens is 1. The highest BCUT2D eigenvalue weighted by molar-refractivity contribution is 5.78. The molecule has 1 amide bonds. The van der Waals surface area contributed by atoms with Crippen LogP contribution in [0.1, 0.15) is 18.4 Å². The van der Waals surface area contributed by atoms with Crippen LogP contribution in [-0.2, 0) is 16.1 Å². The number of carbonyl (C=O) groups is 1. The molecule has 1 aromatic heterocycles. The van der Waals surface area contributed by atoms with Gasteiger partial charge in [-0.1, -0.05) is 0 Å². The van der Waals surface area contributed by atoms with Crippen molar-refractivity contribution in [2.45, 2.75) is 31.5 Å². The number of pyridine rings is 1. The number of rotatable bonds is 5. The van der Waals surface area contributed by atoms with Crippen molar-refractivity contribution in [1.29, 1.82) is 0 Å². The van der Waals surface area contributed by atoms with Gasteiger partial charge in [-0.3, -0.25) is 14.7 Å². The van der Waals surface area contributed by atoms with Crippen LogP contribution in [0.2, 0.25) is 0 Å². The number of hydrogen-bond acceptors (Lipinski definition) is 4. The Morgan fingerprint density at radius 3 is 3.05 bits per heavy atom. The number of ether oxygens (including phenoxy) is 1. The molecule has 3 atom stereocenters. The Labute approximate surface area is 119 Å². The van der Waals surface area contributed by atoms with Gasteiger partial charge in [0.05, 0.1) is 12.6 Å². The molecule has 0 unspecified atom stereocenters. The molecule has 5 nitrogen and oxygen atoms in total. The molecular formula is C15H21N3O2. The third-order valence-corrected chi connectivity index (χ3v) is 4.23. The Balaban J connectivity index is 1.42. The minimum Gasteiger partial charge on any atom is -0.378 e. The Hall–Kier alpha value is -1.46. The molecule has 1 aromatic rings. The summed E-state index contributed by atoms with van der Waals surface area (Å²) in [5.74, 6) is 0.654. The molecule has 1 saturated heterocycles. The average Bonchev–Trinajstić information content (AvgIpc) is 2.78. The fourth-order valence-corrected chi connectivity index (χ4v) is 3.12. The summed E-state index contributed by atoms with van der Waals surface area (Å²) in [4.78, 5) is 18.0. The van der Waals surface area contributed by atoms with Crippen molar-refractivity contribution in [3.05, 3.63) is 30.1 Å². The second kappa shape index (κ2) is 5.89. The summed E-state index contributed by atoms with van der Waals surface area (Å²) >= 11 is 0. The lowest BCUT2D eigenvalue weighted by atomic mass is 9.76. The van der Waals surface area contributed by atoms with Crippen molar-refractivity contribution in [2.75, 3.05) is 20.2 Å². The number of hydrogen-bond donors (Lipinski definition) is 1. The summed E-state index contributed by atoms with van der Waals surface area (Å²) in [5.41, 5.74) is 1.17. The van der Waals surface area contributed by atoms with E-state index >= 15 is 0 Å². The third kappa shape index (κ3) is 2.99. The van der Waals surface area contributed by atoms with E-state index in [1.807, 2.05) is 24.1 Å². The predicted octanol–water partition coefficient (Wildman–Crippen LogP) is 0.807. The number of amides is 1. The lowest BCUT2D eigenvalue weighted by Gasteiger charge is -2.39. The second-order valence-electron chi connectivity index (χ2n) is 5.80.